The first kappa shape index (κ1) is 15.2. The molecule has 2 aromatic rings. The Balaban J connectivity index is 2.23. The topological polar surface area (TPSA) is 60.4 Å². The Morgan fingerprint density at radius 1 is 1.14 bits per heavy atom. The van der Waals surface area contributed by atoms with Crippen LogP contribution in [-0.4, -0.2) is 21.5 Å². The number of carbonyl (C=O) groups excluding carboxylic acids is 1. The third-order valence-electron chi connectivity index (χ3n) is 2.89. The summed E-state index contributed by atoms with van der Waals surface area (Å²) in [7, 11) is -2.36. The summed E-state index contributed by atoms with van der Waals surface area (Å²) in [5, 5.41) is 0. The van der Waals surface area contributed by atoms with Crippen molar-refractivity contribution < 1.29 is 22.3 Å². The normalized spacial score (nSPS) is 11.1. The van der Waals surface area contributed by atoms with Gasteiger partial charge >= 0.3 is 5.97 Å². The predicted molar refractivity (Wildman–Crippen MR) is 75.1 cm³/mol. The van der Waals surface area contributed by atoms with Crippen LogP contribution in [-0.2, 0) is 20.3 Å². The van der Waals surface area contributed by atoms with Gasteiger partial charge in [-0.15, -0.1) is 0 Å². The van der Waals surface area contributed by atoms with Gasteiger partial charge in [0, 0.05) is 0 Å². The van der Waals surface area contributed by atoms with E-state index >= 15 is 0 Å². The van der Waals surface area contributed by atoms with E-state index in [2.05, 4.69) is 4.74 Å². The Kier molecular flexibility index (Phi) is 4.37. The summed E-state index contributed by atoms with van der Waals surface area (Å²) in [4.78, 5) is 11.2. The van der Waals surface area contributed by atoms with Gasteiger partial charge in [0.15, 0.2) is 9.84 Å². The van der Waals surface area contributed by atoms with Crippen molar-refractivity contribution in [2.75, 3.05) is 7.11 Å². The molecule has 0 aliphatic carbocycles. The first-order chi connectivity index (χ1) is 9.92. The fourth-order valence-corrected chi connectivity index (χ4v) is 3.19. The van der Waals surface area contributed by atoms with Crippen molar-refractivity contribution in [3.8, 4) is 0 Å². The number of hydrogen-bond donors (Lipinski definition) is 0. The highest BCUT2D eigenvalue weighted by Gasteiger charge is 2.16. The van der Waals surface area contributed by atoms with Crippen LogP contribution in [0.2, 0.25) is 0 Å². The molecule has 0 bridgehead atoms. The van der Waals surface area contributed by atoms with Gasteiger partial charge in [0.25, 0.3) is 0 Å². The SMILES string of the molecule is COC(=O)c1ccc(CS(=O)(=O)c2cccc(F)c2)cc1. The summed E-state index contributed by atoms with van der Waals surface area (Å²) in [5.74, 6) is -1.36. The van der Waals surface area contributed by atoms with Gasteiger partial charge < -0.3 is 4.74 Å². The predicted octanol–water partition coefficient (Wildman–Crippen LogP) is 2.59. The molecule has 0 heterocycles. The van der Waals surface area contributed by atoms with Crippen LogP contribution in [0.1, 0.15) is 15.9 Å². The molecule has 0 radical (unpaired) electrons. The minimum Gasteiger partial charge on any atom is -0.465 e. The molecular formula is C15H13FO4S. The summed E-state index contributed by atoms with van der Waals surface area (Å²) in [6.07, 6.45) is 0. The van der Waals surface area contributed by atoms with E-state index in [0.717, 1.165) is 6.07 Å². The molecule has 110 valence electrons. The Labute approximate surface area is 122 Å². The van der Waals surface area contributed by atoms with E-state index in [0.29, 0.717) is 11.1 Å². The first-order valence-electron chi connectivity index (χ1n) is 6.08. The molecule has 0 N–H and O–H groups in total. The van der Waals surface area contributed by atoms with Crippen LogP contribution in [0, 0.1) is 5.82 Å². The van der Waals surface area contributed by atoms with Crippen LogP contribution in [0.4, 0.5) is 4.39 Å². The van der Waals surface area contributed by atoms with Crippen LogP contribution in [0.25, 0.3) is 0 Å². The molecule has 0 aromatic heterocycles. The van der Waals surface area contributed by atoms with Crippen molar-refractivity contribution in [3.05, 3.63) is 65.5 Å². The molecule has 0 aliphatic heterocycles. The third-order valence-corrected chi connectivity index (χ3v) is 4.57. The molecule has 0 spiro atoms. The lowest BCUT2D eigenvalue weighted by molar-refractivity contribution is 0.0600. The van der Waals surface area contributed by atoms with Crippen molar-refractivity contribution in [1.29, 1.82) is 0 Å². The number of hydrogen-bond acceptors (Lipinski definition) is 4. The Bertz CT molecular complexity index is 751. The maximum Gasteiger partial charge on any atom is 0.337 e. The molecule has 0 saturated carbocycles. The lowest BCUT2D eigenvalue weighted by Gasteiger charge is -2.06. The van der Waals surface area contributed by atoms with Gasteiger partial charge in [0.05, 0.1) is 23.3 Å². The van der Waals surface area contributed by atoms with E-state index in [-0.39, 0.29) is 10.6 Å². The van der Waals surface area contributed by atoms with Gasteiger partial charge in [0.1, 0.15) is 5.82 Å². The number of benzene rings is 2. The maximum atomic E-state index is 13.1. The van der Waals surface area contributed by atoms with Crippen LogP contribution >= 0.6 is 0 Å². The number of carbonyl (C=O) groups is 1. The Morgan fingerprint density at radius 3 is 2.38 bits per heavy atom. The van der Waals surface area contributed by atoms with E-state index < -0.39 is 21.6 Å². The first-order valence-corrected chi connectivity index (χ1v) is 7.73. The fraction of sp³-hybridized carbons (Fsp3) is 0.133. The molecule has 2 rings (SSSR count). The lowest BCUT2D eigenvalue weighted by Crippen LogP contribution is -2.06. The molecule has 0 atom stereocenters. The van der Waals surface area contributed by atoms with Gasteiger partial charge in [-0.3, -0.25) is 0 Å². The van der Waals surface area contributed by atoms with Gasteiger partial charge in [0.2, 0.25) is 0 Å². The molecular weight excluding hydrogens is 295 g/mol. The molecule has 0 saturated heterocycles. The minimum absolute atomic E-state index is 0.0699. The van der Waals surface area contributed by atoms with E-state index in [9.17, 15) is 17.6 Å². The average molecular weight is 308 g/mol. The lowest BCUT2D eigenvalue weighted by atomic mass is 10.1. The molecule has 0 amide bonds. The maximum absolute atomic E-state index is 13.1. The zero-order chi connectivity index (χ0) is 15.5. The Morgan fingerprint density at radius 2 is 1.81 bits per heavy atom. The standard InChI is InChI=1S/C15H13FO4S/c1-20-15(17)12-7-5-11(6-8-12)10-21(18,19)14-4-2-3-13(16)9-14/h2-9H,10H2,1H3. The zero-order valence-corrected chi connectivity index (χ0v) is 12.1. The molecule has 2 aromatic carbocycles. The summed E-state index contributed by atoms with van der Waals surface area (Å²) >= 11 is 0. The highest BCUT2D eigenvalue weighted by Crippen LogP contribution is 2.18. The number of halogens is 1. The molecule has 0 aliphatic rings. The second-order valence-corrected chi connectivity index (χ2v) is 6.39. The van der Waals surface area contributed by atoms with E-state index in [1.807, 2.05) is 0 Å². The molecule has 21 heavy (non-hydrogen) atoms. The number of methoxy groups -OCH3 is 1. The van der Waals surface area contributed by atoms with Crippen LogP contribution in [0.5, 0.6) is 0 Å². The molecule has 6 heteroatoms. The minimum atomic E-state index is -3.63. The smallest absolute Gasteiger partial charge is 0.337 e. The zero-order valence-electron chi connectivity index (χ0n) is 11.2. The highest BCUT2D eigenvalue weighted by atomic mass is 32.2. The number of rotatable bonds is 4. The van der Waals surface area contributed by atoms with Crippen LogP contribution in [0.15, 0.2) is 53.4 Å². The second-order valence-electron chi connectivity index (χ2n) is 4.40. The average Bonchev–Trinajstić information content (AvgIpc) is 2.47. The van der Waals surface area contributed by atoms with Crippen molar-refractivity contribution >= 4 is 15.8 Å². The van der Waals surface area contributed by atoms with Crippen molar-refractivity contribution in [3.63, 3.8) is 0 Å². The van der Waals surface area contributed by atoms with Gasteiger partial charge in [-0.1, -0.05) is 18.2 Å². The largest absolute Gasteiger partial charge is 0.465 e. The van der Waals surface area contributed by atoms with Gasteiger partial charge in [-0.05, 0) is 35.9 Å². The monoisotopic (exact) mass is 308 g/mol. The Hall–Kier alpha value is -2.21. The summed E-state index contributed by atoms with van der Waals surface area (Å²) in [6.45, 7) is 0. The summed E-state index contributed by atoms with van der Waals surface area (Å²) in [5.41, 5.74) is 0.844. The molecule has 4 nitrogen and oxygen atoms in total. The summed E-state index contributed by atoms with van der Waals surface area (Å²) in [6, 6.07) is 10.9. The van der Waals surface area contributed by atoms with Crippen molar-refractivity contribution in [1.82, 2.24) is 0 Å². The fourth-order valence-electron chi connectivity index (χ4n) is 1.82. The highest BCUT2D eigenvalue weighted by molar-refractivity contribution is 7.90. The van der Waals surface area contributed by atoms with E-state index in [4.69, 9.17) is 0 Å². The second kappa shape index (κ2) is 6.05. The van der Waals surface area contributed by atoms with Crippen LogP contribution in [0.3, 0.4) is 0 Å². The third kappa shape index (κ3) is 3.66. The van der Waals surface area contributed by atoms with E-state index in [1.54, 1.807) is 0 Å². The van der Waals surface area contributed by atoms with Gasteiger partial charge in [-0.25, -0.2) is 17.6 Å². The quantitative estimate of drug-likeness (QED) is 0.815. The van der Waals surface area contributed by atoms with Crippen molar-refractivity contribution in [2.45, 2.75) is 10.6 Å². The summed E-state index contributed by atoms with van der Waals surface area (Å²) < 4.78 is 42.0. The molecule has 0 unspecified atom stereocenters. The number of ether oxygens (including phenoxy) is 1. The van der Waals surface area contributed by atoms with Crippen molar-refractivity contribution in [2.24, 2.45) is 0 Å². The number of sulfone groups is 1. The van der Waals surface area contributed by atoms with Crippen LogP contribution < -0.4 is 0 Å². The van der Waals surface area contributed by atoms with E-state index in [1.165, 1.54) is 49.6 Å². The van der Waals surface area contributed by atoms with Gasteiger partial charge in [-0.2, -0.15) is 0 Å². The number of esters is 1. The molecule has 0 fully saturated rings.